The Morgan fingerprint density at radius 1 is 1.17 bits per heavy atom. The van der Waals surface area contributed by atoms with E-state index < -0.39 is 0 Å². The van der Waals surface area contributed by atoms with Crippen LogP contribution in [0.5, 0.6) is 0 Å². The van der Waals surface area contributed by atoms with Crippen molar-refractivity contribution in [3.8, 4) is 0 Å². The summed E-state index contributed by atoms with van der Waals surface area (Å²) >= 11 is 5.51. The first kappa shape index (κ1) is 13.1. The van der Waals surface area contributed by atoms with Crippen LogP contribution in [0.1, 0.15) is 31.9 Å². The van der Waals surface area contributed by atoms with Crippen molar-refractivity contribution in [3.63, 3.8) is 0 Å². The van der Waals surface area contributed by atoms with Crippen molar-refractivity contribution in [1.82, 2.24) is 5.32 Å². The lowest BCUT2D eigenvalue weighted by Gasteiger charge is -2.39. The van der Waals surface area contributed by atoms with Crippen molar-refractivity contribution in [1.29, 1.82) is 0 Å². The summed E-state index contributed by atoms with van der Waals surface area (Å²) < 4.78 is 0. The Bertz CT molecular complexity index is 529. The van der Waals surface area contributed by atoms with Gasteiger partial charge in [0.2, 0.25) is 0 Å². The van der Waals surface area contributed by atoms with E-state index >= 15 is 0 Å². The highest BCUT2D eigenvalue weighted by atomic mass is 32.1. The molecule has 0 bridgehead atoms. The zero-order valence-corrected chi connectivity index (χ0v) is 12.5. The van der Waals surface area contributed by atoms with Crippen molar-refractivity contribution >= 4 is 23.0 Å². The molecule has 0 saturated heterocycles. The van der Waals surface area contributed by atoms with E-state index in [1.165, 1.54) is 16.8 Å². The van der Waals surface area contributed by atoms with Crippen LogP contribution in [0, 0.1) is 13.8 Å². The summed E-state index contributed by atoms with van der Waals surface area (Å²) in [6, 6.07) is 6.32. The second-order valence-corrected chi connectivity index (χ2v) is 5.88. The Labute approximate surface area is 115 Å². The Kier molecular flexibility index (Phi) is 3.20. The number of nitrogens with one attached hydrogen (secondary N) is 1. The molecule has 1 aliphatic rings. The maximum absolute atomic E-state index is 5.51. The van der Waals surface area contributed by atoms with Crippen LogP contribution in [-0.2, 0) is 0 Å². The van der Waals surface area contributed by atoms with Gasteiger partial charge in [0.25, 0.3) is 0 Å². The van der Waals surface area contributed by atoms with Gasteiger partial charge in [0.1, 0.15) is 0 Å². The van der Waals surface area contributed by atoms with Crippen LogP contribution >= 0.6 is 12.2 Å². The van der Waals surface area contributed by atoms with Gasteiger partial charge in [-0.1, -0.05) is 12.1 Å². The second-order valence-electron chi connectivity index (χ2n) is 5.49. The minimum absolute atomic E-state index is 0.0740. The average molecular weight is 260 g/mol. The molecule has 3 heteroatoms. The van der Waals surface area contributed by atoms with Crippen LogP contribution in [0.15, 0.2) is 30.0 Å². The molecule has 0 fully saturated rings. The number of hydrogen-bond acceptors (Lipinski definition) is 1. The van der Waals surface area contributed by atoms with Crippen molar-refractivity contribution in [3.05, 3.63) is 41.1 Å². The highest BCUT2D eigenvalue weighted by Crippen LogP contribution is 2.29. The van der Waals surface area contributed by atoms with E-state index in [1.807, 2.05) is 0 Å². The zero-order chi connectivity index (χ0) is 13.5. The molecular formula is C15H20N2S. The number of benzene rings is 1. The number of aryl methyl sites for hydroxylation is 1. The molecule has 0 amide bonds. The molecular weight excluding hydrogens is 240 g/mol. The van der Waals surface area contributed by atoms with Gasteiger partial charge in [-0.15, -0.1) is 0 Å². The van der Waals surface area contributed by atoms with Gasteiger partial charge in [-0.05, 0) is 70.1 Å². The fourth-order valence-corrected chi connectivity index (χ4v) is 2.90. The normalized spacial score (nSPS) is 18.4. The summed E-state index contributed by atoms with van der Waals surface area (Å²) in [7, 11) is 0. The summed E-state index contributed by atoms with van der Waals surface area (Å²) in [5.74, 6) is 0. The number of nitrogens with zero attached hydrogens (tertiary/aromatic N) is 1. The lowest BCUT2D eigenvalue weighted by Crippen LogP contribution is -2.53. The maximum Gasteiger partial charge on any atom is 0.178 e. The van der Waals surface area contributed by atoms with E-state index in [9.17, 15) is 0 Å². The summed E-state index contributed by atoms with van der Waals surface area (Å²) in [4.78, 5) is 2.11. The summed E-state index contributed by atoms with van der Waals surface area (Å²) in [5.41, 5.74) is 4.83. The summed E-state index contributed by atoms with van der Waals surface area (Å²) in [6.07, 6.45) is 2.21. The third-order valence-corrected chi connectivity index (χ3v) is 3.66. The zero-order valence-electron chi connectivity index (χ0n) is 11.7. The Morgan fingerprint density at radius 2 is 1.83 bits per heavy atom. The number of rotatable bonds is 1. The third kappa shape index (κ3) is 2.27. The topological polar surface area (TPSA) is 15.3 Å². The minimum Gasteiger partial charge on any atom is -0.354 e. The molecule has 0 aliphatic carbocycles. The van der Waals surface area contributed by atoms with Crippen molar-refractivity contribution in [2.75, 3.05) is 4.90 Å². The highest BCUT2D eigenvalue weighted by Gasteiger charge is 2.28. The number of thiocarbonyl (C=S) groups is 1. The molecule has 0 saturated carbocycles. The first-order chi connectivity index (χ1) is 8.32. The summed E-state index contributed by atoms with van der Waals surface area (Å²) in [6.45, 7) is 10.6. The fraction of sp³-hybridized carbons (Fsp3) is 0.400. The van der Waals surface area contributed by atoms with E-state index in [0.717, 1.165) is 10.8 Å². The molecule has 1 aromatic rings. The fourth-order valence-electron chi connectivity index (χ4n) is 2.39. The number of hydrogen-bond donors (Lipinski definition) is 1. The number of anilines is 1. The molecule has 1 N–H and O–H groups in total. The van der Waals surface area contributed by atoms with Gasteiger partial charge in [0.05, 0.1) is 11.2 Å². The lowest BCUT2D eigenvalue weighted by molar-refractivity contribution is 0.559. The van der Waals surface area contributed by atoms with Gasteiger partial charge >= 0.3 is 0 Å². The molecule has 1 aromatic carbocycles. The molecule has 0 atom stereocenters. The molecule has 1 aliphatic heterocycles. The smallest absolute Gasteiger partial charge is 0.178 e. The standard InChI is InChI=1S/C15H20N2S/c1-10-7-6-8-13(12(10)3)17-11(2)9-15(4,5)16-14(17)18/h6-9H,1-5H3,(H,16,18). The number of allylic oxidation sites excluding steroid dienone is 1. The van der Waals surface area contributed by atoms with Crippen LogP contribution < -0.4 is 10.2 Å². The Balaban J connectivity index is 2.51. The van der Waals surface area contributed by atoms with Crippen LogP contribution in [-0.4, -0.2) is 10.7 Å². The van der Waals surface area contributed by atoms with Gasteiger partial charge in [-0.25, -0.2) is 0 Å². The van der Waals surface area contributed by atoms with Crippen LogP contribution in [0.4, 0.5) is 5.69 Å². The van der Waals surface area contributed by atoms with Gasteiger partial charge < -0.3 is 5.32 Å². The monoisotopic (exact) mass is 260 g/mol. The van der Waals surface area contributed by atoms with E-state index in [-0.39, 0.29) is 5.54 Å². The average Bonchev–Trinajstić information content (AvgIpc) is 2.21. The molecule has 0 unspecified atom stereocenters. The Morgan fingerprint density at radius 3 is 2.44 bits per heavy atom. The first-order valence-electron chi connectivity index (χ1n) is 6.20. The lowest BCUT2D eigenvalue weighted by atomic mass is 10.0. The van der Waals surface area contributed by atoms with Crippen LogP contribution in [0.3, 0.4) is 0 Å². The molecule has 2 nitrogen and oxygen atoms in total. The van der Waals surface area contributed by atoms with Gasteiger partial charge in [-0.3, -0.25) is 4.90 Å². The van der Waals surface area contributed by atoms with E-state index in [1.54, 1.807) is 0 Å². The van der Waals surface area contributed by atoms with E-state index in [0.29, 0.717) is 0 Å². The van der Waals surface area contributed by atoms with Crippen molar-refractivity contribution in [2.24, 2.45) is 0 Å². The third-order valence-electron chi connectivity index (χ3n) is 3.37. The van der Waals surface area contributed by atoms with Crippen molar-refractivity contribution in [2.45, 2.75) is 40.2 Å². The van der Waals surface area contributed by atoms with E-state index in [4.69, 9.17) is 12.2 Å². The Hall–Kier alpha value is -1.35. The van der Waals surface area contributed by atoms with Crippen molar-refractivity contribution < 1.29 is 0 Å². The molecule has 18 heavy (non-hydrogen) atoms. The van der Waals surface area contributed by atoms with Crippen LogP contribution in [0.2, 0.25) is 0 Å². The minimum atomic E-state index is -0.0740. The second kappa shape index (κ2) is 4.39. The van der Waals surface area contributed by atoms with Gasteiger partial charge in [-0.2, -0.15) is 0 Å². The van der Waals surface area contributed by atoms with Gasteiger partial charge in [0, 0.05) is 5.70 Å². The molecule has 2 rings (SSSR count). The predicted octanol–water partition coefficient (Wildman–Crippen LogP) is 3.68. The first-order valence-corrected chi connectivity index (χ1v) is 6.60. The molecule has 96 valence electrons. The maximum atomic E-state index is 5.51. The molecule has 0 radical (unpaired) electrons. The van der Waals surface area contributed by atoms with E-state index in [2.05, 4.69) is 69.1 Å². The molecule has 1 heterocycles. The molecule has 0 aromatic heterocycles. The quantitative estimate of drug-likeness (QED) is 0.775. The highest BCUT2D eigenvalue weighted by molar-refractivity contribution is 7.80. The van der Waals surface area contributed by atoms with Gasteiger partial charge in [0.15, 0.2) is 5.11 Å². The summed E-state index contributed by atoms with van der Waals surface area (Å²) in [5, 5.41) is 4.13. The molecule has 0 spiro atoms. The predicted molar refractivity (Wildman–Crippen MR) is 82.0 cm³/mol. The van der Waals surface area contributed by atoms with Crippen LogP contribution in [0.25, 0.3) is 0 Å². The largest absolute Gasteiger partial charge is 0.354 e. The SMILES string of the molecule is CC1=CC(C)(C)NC(=S)N1c1cccc(C)c1C.